The number of ether oxygens (including phenoxy) is 2. The van der Waals surface area contributed by atoms with Crippen LogP contribution >= 0.6 is 0 Å². The van der Waals surface area contributed by atoms with E-state index in [9.17, 15) is 13.6 Å². The summed E-state index contributed by atoms with van der Waals surface area (Å²) in [5, 5.41) is 0. The average molecular weight is 260 g/mol. The molecule has 100 valence electrons. The molecule has 0 spiro atoms. The van der Waals surface area contributed by atoms with Crippen LogP contribution in [0.2, 0.25) is 0 Å². The third-order valence-corrected chi connectivity index (χ3v) is 2.30. The van der Waals surface area contributed by atoms with Crippen molar-refractivity contribution < 1.29 is 23.0 Å². The smallest absolute Gasteiger partial charge is 0.340 e. The summed E-state index contributed by atoms with van der Waals surface area (Å²) in [7, 11) is 1.29. The van der Waals surface area contributed by atoms with Crippen molar-refractivity contribution in [3.63, 3.8) is 0 Å². The van der Waals surface area contributed by atoms with Crippen molar-refractivity contribution in [3.8, 4) is 5.88 Å². The van der Waals surface area contributed by atoms with Crippen LogP contribution in [-0.2, 0) is 11.3 Å². The molecule has 1 heterocycles. The molecule has 0 aliphatic rings. The highest BCUT2D eigenvalue weighted by atomic mass is 19.3. The number of aromatic nitrogens is 1. The fraction of sp³-hybridized carbons (Fsp3) is 0.455. The Bertz CT molecular complexity index is 439. The molecule has 1 aromatic rings. The predicted molar refractivity (Wildman–Crippen MR) is 59.6 cm³/mol. The van der Waals surface area contributed by atoms with Crippen LogP contribution in [0.3, 0.4) is 0 Å². The first-order valence-corrected chi connectivity index (χ1v) is 5.27. The number of carbonyl (C=O) groups excluding carboxylic acids is 1. The SMILES string of the molecule is CCOC(=O)c1cnc(OC)c(CN)c1C(F)F. The van der Waals surface area contributed by atoms with Gasteiger partial charge in [0.15, 0.2) is 0 Å². The van der Waals surface area contributed by atoms with E-state index in [1.807, 2.05) is 0 Å². The second-order valence-electron chi connectivity index (χ2n) is 3.30. The summed E-state index contributed by atoms with van der Waals surface area (Å²) >= 11 is 0. The molecule has 0 radical (unpaired) electrons. The van der Waals surface area contributed by atoms with Gasteiger partial charge < -0.3 is 15.2 Å². The Balaban J connectivity index is 3.39. The maximum absolute atomic E-state index is 13.0. The summed E-state index contributed by atoms with van der Waals surface area (Å²) in [6.45, 7) is 1.47. The minimum Gasteiger partial charge on any atom is -0.481 e. The van der Waals surface area contributed by atoms with E-state index < -0.39 is 18.0 Å². The minimum atomic E-state index is -2.86. The monoisotopic (exact) mass is 260 g/mol. The largest absolute Gasteiger partial charge is 0.481 e. The van der Waals surface area contributed by atoms with Crippen LogP contribution in [0, 0.1) is 0 Å². The third kappa shape index (κ3) is 2.73. The van der Waals surface area contributed by atoms with Gasteiger partial charge in [-0.1, -0.05) is 0 Å². The Morgan fingerprint density at radius 3 is 2.67 bits per heavy atom. The van der Waals surface area contributed by atoms with Gasteiger partial charge in [0, 0.05) is 23.9 Å². The molecule has 0 unspecified atom stereocenters. The zero-order chi connectivity index (χ0) is 13.7. The molecule has 7 heteroatoms. The number of rotatable bonds is 5. The molecule has 0 aliphatic carbocycles. The van der Waals surface area contributed by atoms with Crippen LogP contribution in [0.25, 0.3) is 0 Å². The third-order valence-electron chi connectivity index (χ3n) is 2.30. The number of hydrogen-bond acceptors (Lipinski definition) is 5. The van der Waals surface area contributed by atoms with Gasteiger partial charge in [-0.3, -0.25) is 0 Å². The van der Waals surface area contributed by atoms with Crippen LogP contribution in [0.1, 0.15) is 34.8 Å². The van der Waals surface area contributed by atoms with E-state index in [-0.39, 0.29) is 30.2 Å². The van der Waals surface area contributed by atoms with Gasteiger partial charge >= 0.3 is 5.97 Å². The van der Waals surface area contributed by atoms with Crippen LogP contribution < -0.4 is 10.5 Å². The molecule has 0 aromatic carbocycles. The fourth-order valence-electron chi connectivity index (χ4n) is 1.54. The number of nitrogens with zero attached hydrogens (tertiary/aromatic N) is 1. The van der Waals surface area contributed by atoms with Gasteiger partial charge in [0.25, 0.3) is 6.43 Å². The van der Waals surface area contributed by atoms with Crippen molar-refractivity contribution >= 4 is 5.97 Å². The lowest BCUT2D eigenvalue weighted by Crippen LogP contribution is -2.14. The van der Waals surface area contributed by atoms with Gasteiger partial charge in [-0.2, -0.15) is 0 Å². The van der Waals surface area contributed by atoms with Crippen molar-refractivity contribution in [3.05, 3.63) is 22.9 Å². The van der Waals surface area contributed by atoms with Crippen molar-refractivity contribution in [2.75, 3.05) is 13.7 Å². The molecule has 0 saturated heterocycles. The van der Waals surface area contributed by atoms with E-state index >= 15 is 0 Å². The van der Waals surface area contributed by atoms with E-state index in [1.165, 1.54) is 7.11 Å². The van der Waals surface area contributed by atoms with E-state index in [0.717, 1.165) is 6.20 Å². The molecule has 18 heavy (non-hydrogen) atoms. The second-order valence-corrected chi connectivity index (χ2v) is 3.30. The Kier molecular flexibility index (Phi) is 4.96. The molecular formula is C11H14F2N2O3. The van der Waals surface area contributed by atoms with Crippen molar-refractivity contribution in [2.24, 2.45) is 5.73 Å². The van der Waals surface area contributed by atoms with Gasteiger partial charge in [0.05, 0.1) is 19.3 Å². The van der Waals surface area contributed by atoms with Gasteiger partial charge in [0.1, 0.15) is 0 Å². The van der Waals surface area contributed by atoms with E-state index in [1.54, 1.807) is 6.92 Å². The Morgan fingerprint density at radius 1 is 1.56 bits per heavy atom. The van der Waals surface area contributed by atoms with Crippen LogP contribution in [-0.4, -0.2) is 24.7 Å². The maximum atomic E-state index is 13.0. The molecule has 0 fully saturated rings. The Morgan fingerprint density at radius 2 is 2.22 bits per heavy atom. The van der Waals surface area contributed by atoms with Gasteiger partial charge in [-0.15, -0.1) is 0 Å². The van der Waals surface area contributed by atoms with Crippen molar-refractivity contribution in [2.45, 2.75) is 19.9 Å². The lowest BCUT2D eigenvalue weighted by atomic mass is 10.0. The highest BCUT2D eigenvalue weighted by molar-refractivity contribution is 5.91. The molecule has 0 aliphatic heterocycles. The first-order chi connectivity index (χ1) is 8.56. The Labute approximate surface area is 103 Å². The van der Waals surface area contributed by atoms with Gasteiger partial charge in [0.2, 0.25) is 5.88 Å². The van der Waals surface area contributed by atoms with Crippen LogP contribution in [0.5, 0.6) is 5.88 Å². The van der Waals surface area contributed by atoms with Crippen molar-refractivity contribution in [1.82, 2.24) is 4.98 Å². The average Bonchev–Trinajstić information content (AvgIpc) is 2.36. The van der Waals surface area contributed by atoms with Crippen LogP contribution in [0.4, 0.5) is 8.78 Å². The zero-order valence-corrected chi connectivity index (χ0v) is 10.1. The molecular weight excluding hydrogens is 246 g/mol. The van der Waals surface area contributed by atoms with Crippen molar-refractivity contribution in [1.29, 1.82) is 0 Å². The summed E-state index contributed by atoms with van der Waals surface area (Å²) in [5.41, 5.74) is 4.65. The minimum absolute atomic E-state index is 0.0121. The number of nitrogens with two attached hydrogens (primary N) is 1. The molecule has 1 aromatic heterocycles. The fourth-order valence-corrected chi connectivity index (χ4v) is 1.54. The van der Waals surface area contributed by atoms with E-state index in [4.69, 9.17) is 15.2 Å². The first-order valence-electron chi connectivity index (χ1n) is 5.27. The highest BCUT2D eigenvalue weighted by Crippen LogP contribution is 2.31. The standard InChI is InChI=1S/C11H14F2N2O3/c1-3-18-11(16)7-5-15-10(17-2)6(4-14)8(7)9(12)13/h5,9H,3-4,14H2,1-2H3. The van der Waals surface area contributed by atoms with Crippen LogP contribution in [0.15, 0.2) is 6.20 Å². The molecule has 0 atom stereocenters. The topological polar surface area (TPSA) is 74.4 Å². The lowest BCUT2D eigenvalue weighted by Gasteiger charge is -2.14. The van der Waals surface area contributed by atoms with E-state index in [2.05, 4.69) is 4.98 Å². The van der Waals surface area contributed by atoms with Gasteiger partial charge in [-0.05, 0) is 6.92 Å². The number of halogens is 2. The molecule has 5 nitrogen and oxygen atoms in total. The summed E-state index contributed by atoms with van der Waals surface area (Å²) in [5.74, 6) is -0.862. The second kappa shape index (κ2) is 6.25. The van der Waals surface area contributed by atoms with Gasteiger partial charge in [-0.25, -0.2) is 18.6 Å². The zero-order valence-electron chi connectivity index (χ0n) is 10.1. The molecule has 1 rings (SSSR count). The molecule has 0 amide bonds. The quantitative estimate of drug-likeness (QED) is 0.815. The predicted octanol–water partition coefficient (Wildman–Crippen LogP) is 1.66. The number of esters is 1. The van der Waals surface area contributed by atoms with E-state index in [0.29, 0.717) is 0 Å². The lowest BCUT2D eigenvalue weighted by molar-refractivity contribution is 0.0514. The normalized spacial score (nSPS) is 10.6. The molecule has 2 N–H and O–H groups in total. The summed E-state index contributed by atoms with van der Waals surface area (Å²) in [6.07, 6.45) is -1.85. The molecule has 0 bridgehead atoms. The number of pyridine rings is 1. The molecule has 0 saturated carbocycles. The number of alkyl halides is 2. The summed E-state index contributed by atoms with van der Waals surface area (Å²) in [6, 6.07) is 0. The maximum Gasteiger partial charge on any atom is 0.340 e. The summed E-state index contributed by atoms with van der Waals surface area (Å²) in [4.78, 5) is 15.3. The first kappa shape index (κ1) is 14.3. The summed E-state index contributed by atoms with van der Waals surface area (Å²) < 4.78 is 35.6. The number of hydrogen-bond donors (Lipinski definition) is 1. The highest BCUT2D eigenvalue weighted by Gasteiger charge is 2.26. The Hall–Kier alpha value is -1.76. The number of carbonyl (C=O) groups is 1. The number of methoxy groups -OCH3 is 1.